The van der Waals surface area contributed by atoms with Crippen LogP contribution in [0, 0.1) is 0 Å². The molecule has 2 amide bonds. The Bertz CT molecular complexity index is 527. The molecule has 19 heavy (non-hydrogen) atoms. The molecule has 1 heterocycles. The minimum Gasteiger partial charge on any atom is -0.346 e. The molecule has 1 aromatic carbocycles. The van der Waals surface area contributed by atoms with Crippen molar-refractivity contribution in [3.05, 3.63) is 29.8 Å². The quantitative estimate of drug-likeness (QED) is 0.831. The van der Waals surface area contributed by atoms with Crippen LogP contribution in [0.2, 0.25) is 0 Å². The Kier molecular flexibility index (Phi) is 3.35. The molecule has 4 nitrogen and oxygen atoms in total. The predicted octanol–water partition coefficient (Wildman–Crippen LogP) is 1.79. The molecule has 0 fully saturated rings. The summed E-state index contributed by atoms with van der Waals surface area (Å²) in [5.74, 6) is 0.126. The van der Waals surface area contributed by atoms with Crippen molar-refractivity contribution < 1.29 is 9.59 Å². The van der Waals surface area contributed by atoms with Gasteiger partial charge in [-0.25, -0.2) is 0 Å². The number of likely N-dealkylation sites (N-methyl/N-ethyl adjacent to an activating group) is 1. The van der Waals surface area contributed by atoms with Gasteiger partial charge >= 0.3 is 0 Å². The standard InChI is InChI=1S/C15H20N2O2/c1-11(18)16(3)10-9-15(2)12-7-5-6-8-13(12)17(4)14(15)19/h5-8H,9-10H2,1-4H3. The first-order chi connectivity index (χ1) is 8.88. The van der Waals surface area contributed by atoms with Crippen LogP contribution in [-0.2, 0) is 15.0 Å². The maximum atomic E-state index is 12.5. The summed E-state index contributed by atoms with van der Waals surface area (Å²) in [4.78, 5) is 27.1. The van der Waals surface area contributed by atoms with Crippen LogP contribution in [0.3, 0.4) is 0 Å². The predicted molar refractivity (Wildman–Crippen MR) is 75.1 cm³/mol. The van der Waals surface area contributed by atoms with Crippen LogP contribution in [0.15, 0.2) is 24.3 Å². The van der Waals surface area contributed by atoms with E-state index >= 15 is 0 Å². The summed E-state index contributed by atoms with van der Waals surface area (Å²) in [6.45, 7) is 4.09. The van der Waals surface area contributed by atoms with Gasteiger partial charge in [0.1, 0.15) is 0 Å². The first-order valence-corrected chi connectivity index (χ1v) is 6.47. The molecule has 0 N–H and O–H groups in total. The van der Waals surface area contributed by atoms with E-state index in [1.54, 1.807) is 30.8 Å². The van der Waals surface area contributed by atoms with Gasteiger partial charge in [0.15, 0.2) is 0 Å². The lowest BCUT2D eigenvalue weighted by atomic mass is 9.80. The van der Waals surface area contributed by atoms with E-state index in [0.29, 0.717) is 13.0 Å². The summed E-state index contributed by atoms with van der Waals surface area (Å²) >= 11 is 0. The zero-order valence-corrected chi connectivity index (χ0v) is 11.9. The number of amides is 2. The first kappa shape index (κ1) is 13.6. The second-order valence-corrected chi connectivity index (χ2v) is 5.40. The Labute approximate surface area is 114 Å². The average Bonchev–Trinajstić information content (AvgIpc) is 2.59. The van der Waals surface area contributed by atoms with E-state index in [2.05, 4.69) is 0 Å². The number of para-hydroxylation sites is 1. The van der Waals surface area contributed by atoms with E-state index in [0.717, 1.165) is 11.3 Å². The minimum absolute atomic E-state index is 0.0238. The number of hydrogen-bond acceptors (Lipinski definition) is 2. The van der Waals surface area contributed by atoms with Gasteiger partial charge in [0.2, 0.25) is 11.8 Å². The van der Waals surface area contributed by atoms with Crippen LogP contribution < -0.4 is 4.90 Å². The Hall–Kier alpha value is -1.84. The number of carbonyl (C=O) groups is 2. The topological polar surface area (TPSA) is 40.6 Å². The van der Waals surface area contributed by atoms with E-state index in [1.807, 2.05) is 31.2 Å². The molecule has 0 saturated heterocycles. The van der Waals surface area contributed by atoms with Crippen molar-refractivity contribution in [3.63, 3.8) is 0 Å². The molecule has 4 heteroatoms. The summed E-state index contributed by atoms with van der Waals surface area (Å²) in [5.41, 5.74) is 1.50. The molecule has 2 rings (SSSR count). The van der Waals surface area contributed by atoms with Gasteiger partial charge in [-0.2, -0.15) is 0 Å². The van der Waals surface area contributed by atoms with E-state index < -0.39 is 5.41 Å². The van der Waals surface area contributed by atoms with Crippen molar-refractivity contribution in [2.75, 3.05) is 25.5 Å². The third kappa shape index (κ3) is 2.11. The maximum absolute atomic E-state index is 12.5. The van der Waals surface area contributed by atoms with Crippen molar-refractivity contribution >= 4 is 17.5 Å². The lowest BCUT2D eigenvalue weighted by Gasteiger charge is -2.26. The van der Waals surface area contributed by atoms with E-state index in [4.69, 9.17) is 0 Å². The highest BCUT2D eigenvalue weighted by atomic mass is 16.2. The molecular weight excluding hydrogens is 240 g/mol. The van der Waals surface area contributed by atoms with Gasteiger partial charge in [0, 0.05) is 33.3 Å². The van der Waals surface area contributed by atoms with Gasteiger partial charge in [0.25, 0.3) is 0 Å². The summed E-state index contributed by atoms with van der Waals surface area (Å²) in [6, 6.07) is 7.87. The Morgan fingerprint density at radius 3 is 2.63 bits per heavy atom. The van der Waals surface area contributed by atoms with Crippen LogP contribution in [-0.4, -0.2) is 37.4 Å². The molecule has 0 aromatic heterocycles. The van der Waals surface area contributed by atoms with Gasteiger partial charge in [-0.15, -0.1) is 0 Å². The van der Waals surface area contributed by atoms with Gasteiger partial charge in [-0.05, 0) is 25.0 Å². The van der Waals surface area contributed by atoms with Crippen molar-refractivity contribution in [1.82, 2.24) is 4.90 Å². The van der Waals surface area contributed by atoms with Gasteiger partial charge < -0.3 is 9.80 Å². The average molecular weight is 260 g/mol. The number of fused-ring (bicyclic) bond motifs is 1. The second kappa shape index (κ2) is 4.68. The highest BCUT2D eigenvalue weighted by Crippen LogP contribution is 2.42. The molecule has 1 aromatic rings. The number of benzene rings is 1. The van der Waals surface area contributed by atoms with E-state index in [9.17, 15) is 9.59 Å². The molecule has 0 saturated carbocycles. The molecule has 1 aliphatic rings. The van der Waals surface area contributed by atoms with E-state index in [-0.39, 0.29) is 11.8 Å². The number of anilines is 1. The SMILES string of the molecule is CC(=O)N(C)CCC1(C)C(=O)N(C)c2ccccc21. The number of nitrogens with zero attached hydrogens (tertiary/aromatic N) is 2. The highest BCUT2D eigenvalue weighted by Gasteiger charge is 2.45. The Balaban J connectivity index is 2.28. The monoisotopic (exact) mass is 260 g/mol. The third-order valence-corrected chi connectivity index (χ3v) is 4.12. The molecule has 1 unspecified atom stereocenters. The molecule has 0 spiro atoms. The number of hydrogen-bond donors (Lipinski definition) is 0. The smallest absolute Gasteiger partial charge is 0.237 e. The third-order valence-electron chi connectivity index (χ3n) is 4.12. The Morgan fingerprint density at radius 1 is 1.37 bits per heavy atom. The van der Waals surface area contributed by atoms with Crippen molar-refractivity contribution in [1.29, 1.82) is 0 Å². The molecule has 102 valence electrons. The second-order valence-electron chi connectivity index (χ2n) is 5.40. The summed E-state index contributed by atoms with van der Waals surface area (Å²) in [6.07, 6.45) is 0.642. The first-order valence-electron chi connectivity index (χ1n) is 6.47. The molecule has 0 radical (unpaired) electrons. The van der Waals surface area contributed by atoms with Crippen molar-refractivity contribution in [2.24, 2.45) is 0 Å². The highest BCUT2D eigenvalue weighted by molar-refractivity contribution is 6.07. The lowest BCUT2D eigenvalue weighted by molar-refractivity contribution is -0.129. The summed E-state index contributed by atoms with van der Waals surface area (Å²) < 4.78 is 0. The van der Waals surface area contributed by atoms with Gasteiger partial charge in [0.05, 0.1) is 5.41 Å². The largest absolute Gasteiger partial charge is 0.346 e. The zero-order valence-electron chi connectivity index (χ0n) is 11.9. The minimum atomic E-state index is -0.533. The zero-order chi connectivity index (χ0) is 14.2. The molecule has 0 aliphatic carbocycles. The fraction of sp³-hybridized carbons (Fsp3) is 0.467. The fourth-order valence-corrected chi connectivity index (χ4v) is 2.62. The summed E-state index contributed by atoms with van der Waals surface area (Å²) in [7, 11) is 3.57. The normalized spacial score (nSPS) is 21.5. The van der Waals surface area contributed by atoms with Crippen LogP contribution in [0.25, 0.3) is 0 Å². The van der Waals surface area contributed by atoms with Crippen molar-refractivity contribution in [2.45, 2.75) is 25.7 Å². The Morgan fingerprint density at radius 2 is 2.00 bits per heavy atom. The molecule has 1 aliphatic heterocycles. The molecule has 0 bridgehead atoms. The van der Waals surface area contributed by atoms with Crippen LogP contribution in [0.5, 0.6) is 0 Å². The maximum Gasteiger partial charge on any atom is 0.237 e. The summed E-state index contributed by atoms with van der Waals surface area (Å²) in [5, 5.41) is 0. The van der Waals surface area contributed by atoms with Crippen LogP contribution >= 0.6 is 0 Å². The van der Waals surface area contributed by atoms with Crippen molar-refractivity contribution in [3.8, 4) is 0 Å². The number of rotatable bonds is 3. The fourth-order valence-electron chi connectivity index (χ4n) is 2.62. The van der Waals surface area contributed by atoms with Gasteiger partial charge in [-0.1, -0.05) is 18.2 Å². The lowest BCUT2D eigenvalue weighted by Crippen LogP contribution is -2.39. The van der Waals surface area contributed by atoms with E-state index in [1.165, 1.54) is 0 Å². The molecular formula is C15H20N2O2. The van der Waals surface area contributed by atoms with Gasteiger partial charge in [-0.3, -0.25) is 9.59 Å². The van der Waals surface area contributed by atoms with Crippen LogP contribution in [0.4, 0.5) is 5.69 Å². The number of carbonyl (C=O) groups excluding carboxylic acids is 2. The van der Waals surface area contributed by atoms with Crippen LogP contribution in [0.1, 0.15) is 25.8 Å². The molecule has 1 atom stereocenters.